The van der Waals surface area contributed by atoms with E-state index in [1.54, 1.807) is 24.4 Å². The first-order valence-corrected chi connectivity index (χ1v) is 17.8. The molecular formula is C35H48N6O4S. The van der Waals surface area contributed by atoms with Crippen LogP contribution in [0.25, 0.3) is 0 Å². The highest BCUT2D eigenvalue weighted by molar-refractivity contribution is 7.91. The number of ketones is 1. The fourth-order valence-electron chi connectivity index (χ4n) is 5.39. The van der Waals surface area contributed by atoms with Crippen LogP contribution >= 0.6 is 0 Å². The maximum absolute atomic E-state index is 12.9. The molecule has 4 rings (SSSR count). The van der Waals surface area contributed by atoms with Crippen LogP contribution < -0.4 is 15.5 Å². The van der Waals surface area contributed by atoms with Gasteiger partial charge in [0.15, 0.2) is 9.84 Å². The van der Waals surface area contributed by atoms with Gasteiger partial charge >= 0.3 is 0 Å². The lowest BCUT2D eigenvalue weighted by Gasteiger charge is -2.36. The number of nitrogens with zero attached hydrogens (tertiary/aromatic N) is 4. The molecule has 0 bridgehead atoms. The number of aromatic nitrogens is 2. The van der Waals surface area contributed by atoms with E-state index in [-0.39, 0.29) is 27.8 Å². The molecule has 1 aliphatic heterocycles. The van der Waals surface area contributed by atoms with Crippen molar-refractivity contribution in [3.8, 4) is 0 Å². The molecule has 1 fully saturated rings. The van der Waals surface area contributed by atoms with Gasteiger partial charge in [-0.3, -0.25) is 9.59 Å². The summed E-state index contributed by atoms with van der Waals surface area (Å²) in [4.78, 5) is 38.2. The van der Waals surface area contributed by atoms with Gasteiger partial charge in [-0.1, -0.05) is 46.6 Å². The van der Waals surface area contributed by atoms with E-state index in [0.717, 1.165) is 49.3 Å². The molecule has 0 unspecified atom stereocenters. The van der Waals surface area contributed by atoms with Crippen molar-refractivity contribution in [2.24, 2.45) is 5.41 Å². The minimum atomic E-state index is -3.44. The summed E-state index contributed by atoms with van der Waals surface area (Å²) in [6, 6.07) is 14.8. The Bertz CT molecular complexity index is 1590. The molecule has 1 aromatic heterocycles. The number of rotatable bonds is 14. The van der Waals surface area contributed by atoms with Crippen LogP contribution in [-0.4, -0.2) is 66.9 Å². The molecule has 0 spiro atoms. The molecule has 10 nitrogen and oxygen atoms in total. The third kappa shape index (κ3) is 10.3. The van der Waals surface area contributed by atoms with Crippen LogP contribution in [0.1, 0.15) is 71.8 Å². The topological polar surface area (TPSA) is 125 Å². The molecular weight excluding hydrogens is 600 g/mol. The Labute approximate surface area is 273 Å². The number of aryl methyl sites for hydroxylation is 1. The van der Waals surface area contributed by atoms with Gasteiger partial charge in [0.05, 0.1) is 10.6 Å². The van der Waals surface area contributed by atoms with Crippen LogP contribution in [0.4, 0.5) is 28.8 Å². The first kappa shape index (κ1) is 34.9. The van der Waals surface area contributed by atoms with E-state index in [2.05, 4.69) is 32.4 Å². The Morgan fingerprint density at radius 3 is 2.28 bits per heavy atom. The molecule has 46 heavy (non-hydrogen) atoms. The number of Topliss-reactive ketones (excluding diaryl/α,β-unsaturated/α-hetero) is 1. The van der Waals surface area contributed by atoms with Crippen LogP contribution in [0, 0.1) is 12.3 Å². The van der Waals surface area contributed by atoms with Crippen LogP contribution in [0.2, 0.25) is 0 Å². The van der Waals surface area contributed by atoms with Gasteiger partial charge in [0.2, 0.25) is 11.9 Å². The smallest absolute Gasteiger partial charge is 0.229 e. The summed E-state index contributed by atoms with van der Waals surface area (Å²) in [7, 11) is -3.44. The van der Waals surface area contributed by atoms with Gasteiger partial charge in [0.25, 0.3) is 0 Å². The summed E-state index contributed by atoms with van der Waals surface area (Å²) in [5.74, 6) is 1.29. The second kappa shape index (κ2) is 15.5. The zero-order valence-electron chi connectivity index (χ0n) is 27.8. The first-order valence-electron chi connectivity index (χ1n) is 16.2. The third-order valence-electron chi connectivity index (χ3n) is 7.85. The summed E-state index contributed by atoms with van der Waals surface area (Å²) in [6.45, 7) is 12.5. The van der Waals surface area contributed by atoms with Crippen molar-refractivity contribution >= 4 is 50.4 Å². The van der Waals surface area contributed by atoms with Crippen LogP contribution in [0.15, 0.2) is 59.6 Å². The normalized spacial score (nSPS) is 13.8. The maximum atomic E-state index is 12.9. The van der Waals surface area contributed by atoms with Gasteiger partial charge in [-0.25, -0.2) is 13.4 Å². The Morgan fingerprint density at radius 2 is 1.61 bits per heavy atom. The number of hydrogen-bond acceptors (Lipinski definition) is 9. The molecule has 248 valence electrons. The number of anilines is 5. The monoisotopic (exact) mass is 648 g/mol. The van der Waals surface area contributed by atoms with E-state index in [1.807, 2.05) is 62.9 Å². The molecule has 11 heteroatoms. The van der Waals surface area contributed by atoms with Crippen molar-refractivity contribution < 1.29 is 18.0 Å². The van der Waals surface area contributed by atoms with Crippen molar-refractivity contribution in [1.29, 1.82) is 0 Å². The van der Waals surface area contributed by atoms with E-state index < -0.39 is 9.84 Å². The quantitative estimate of drug-likeness (QED) is 0.184. The molecule has 2 aromatic carbocycles. The first-order chi connectivity index (χ1) is 21.8. The fourth-order valence-corrected chi connectivity index (χ4v) is 7.29. The summed E-state index contributed by atoms with van der Waals surface area (Å²) >= 11 is 0. The number of hydrogen-bond donors (Lipinski definition) is 2. The number of amides is 1. The van der Waals surface area contributed by atoms with E-state index in [4.69, 9.17) is 0 Å². The van der Waals surface area contributed by atoms with Crippen molar-refractivity contribution in [3.63, 3.8) is 0 Å². The van der Waals surface area contributed by atoms with Gasteiger partial charge in [-0.05, 0) is 61.2 Å². The molecule has 3 aromatic rings. The standard InChI is InChI=1S/C35H48N6O4S/c1-6-7-8-11-30(42)17-18-32(43)41-21-19-40(20-22-41)29-15-13-27(14-16-29)38-34-36-24-26(2)33(39-34)37-28-10-9-12-31(23-28)46(44,45)25-35(3,4)5/h9-10,12-16,23-24H,6-8,11,17-22,25H2,1-5H3,(H2,36,37,38,39). The summed E-state index contributed by atoms with van der Waals surface area (Å²) in [5.41, 5.74) is 2.99. The highest BCUT2D eigenvalue weighted by Crippen LogP contribution is 2.27. The largest absolute Gasteiger partial charge is 0.368 e. The molecule has 2 N–H and O–H groups in total. The highest BCUT2D eigenvalue weighted by atomic mass is 32.2. The third-order valence-corrected chi connectivity index (χ3v) is 10.1. The predicted molar refractivity (Wildman–Crippen MR) is 185 cm³/mol. The summed E-state index contributed by atoms with van der Waals surface area (Å²) in [5, 5.41) is 6.51. The predicted octanol–water partition coefficient (Wildman–Crippen LogP) is 6.67. The average Bonchev–Trinajstić information content (AvgIpc) is 3.01. The minimum Gasteiger partial charge on any atom is -0.368 e. The SMILES string of the molecule is CCCCCC(=O)CCC(=O)N1CCN(c2ccc(Nc3ncc(C)c(Nc4cccc(S(=O)(=O)CC(C)(C)C)c4)n3)cc2)CC1. The fraction of sp³-hybridized carbons (Fsp3) is 0.486. The molecule has 0 saturated carbocycles. The Kier molecular flexibility index (Phi) is 11.8. The number of carbonyl (C=O) groups is 2. The number of benzene rings is 2. The van der Waals surface area contributed by atoms with Crippen LogP contribution in [-0.2, 0) is 19.4 Å². The minimum absolute atomic E-state index is 0.0568. The summed E-state index contributed by atoms with van der Waals surface area (Å²) in [6.07, 6.45) is 5.99. The molecule has 0 atom stereocenters. The highest BCUT2D eigenvalue weighted by Gasteiger charge is 2.24. The van der Waals surface area contributed by atoms with Gasteiger partial charge < -0.3 is 20.4 Å². The molecule has 1 saturated heterocycles. The summed E-state index contributed by atoms with van der Waals surface area (Å²) < 4.78 is 25.9. The zero-order valence-corrected chi connectivity index (χ0v) is 28.6. The Balaban J connectivity index is 1.31. The van der Waals surface area contributed by atoms with Crippen LogP contribution in [0.5, 0.6) is 0 Å². The number of unbranched alkanes of at least 4 members (excludes halogenated alkanes) is 2. The van der Waals surface area contributed by atoms with Gasteiger partial charge in [-0.2, -0.15) is 4.98 Å². The van der Waals surface area contributed by atoms with Crippen molar-refractivity contribution in [2.75, 3.05) is 47.5 Å². The second-order valence-corrected chi connectivity index (χ2v) is 15.2. The van der Waals surface area contributed by atoms with Gasteiger partial charge in [0.1, 0.15) is 11.6 Å². The van der Waals surface area contributed by atoms with E-state index >= 15 is 0 Å². The number of sulfone groups is 1. The molecule has 2 heterocycles. The molecule has 0 radical (unpaired) electrons. The lowest BCUT2D eigenvalue weighted by Crippen LogP contribution is -2.48. The van der Waals surface area contributed by atoms with Gasteiger partial charge in [0, 0.05) is 74.3 Å². The number of nitrogens with one attached hydrogen (secondary N) is 2. The molecule has 1 amide bonds. The lowest BCUT2D eigenvalue weighted by molar-refractivity contribution is -0.133. The maximum Gasteiger partial charge on any atom is 0.229 e. The average molecular weight is 649 g/mol. The Hall–Kier alpha value is -3.99. The van der Waals surface area contributed by atoms with Crippen molar-refractivity contribution in [2.45, 2.75) is 78.0 Å². The lowest BCUT2D eigenvalue weighted by atomic mass is 10.0. The zero-order chi connectivity index (χ0) is 33.3. The van der Waals surface area contributed by atoms with Gasteiger partial charge in [-0.15, -0.1) is 0 Å². The van der Waals surface area contributed by atoms with Crippen LogP contribution in [0.3, 0.4) is 0 Å². The number of carbonyl (C=O) groups excluding carboxylic acids is 2. The van der Waals surface area contributed by atoms with E-state index in [1.165, 1.54) is 0 Å². The van der Waals surface area contributed by atoms with E-state index in [0.29, 0.717) is 49.8 Å². The second-order valence-electron chi connectivity index (χ2n) is 13.2. The van der Waals surface area contributed by atoms with Crippen molar-refractivity contribution in [1.82, 2.24) is 14.9 Å². The van der Waals surface area contributed by atoms with E-state index in [9.17, 15) is 18.0 Å². The van der Waals surface area contributed by atoms with Crippen molar-refractivity contribution in [3.05, 3.63) is 60.3 Å². The molecule has 1 aliphatic rings. The number of piperazine rings is 1. The molecule has 0 aliphatic carbocycles. The Morgan fingerprint density at radius 1 is 0.891 bits per heavy atom.